The predicted octanol–water partition coefficient (Wildman–Crippen LogP) is 2.10. The highest BCUT2D eigenvalue weighted by atomic mass is 32.2. The van der Waals surface area contributed by atoms with Crippen LogP contribution >= 0.6 is 0 Å². The number of sulfonamides is 1. The molecule has 0 spiro atoms. The van der Waals surface area contributed by atoms with Crippen LogP contribution in [0.3, 0.4) is 0 Å². The third-order valence-electron chi connectivity index (χ3n) is 9.61. The summed E-state index contributed by atoms with van der Waals surface area (Å²) in [6, 6.07) is 7.85. The Labute approximate surface area is 240 Å². The van der Waals surface area contributed by atoms with Gasteiger partial charge in [-0.05, 0) is 62.0 Å². The lowest BCUT2D eigenvalue weighted by molar-refractivity contribution is -0.137. The molecular weight excluding hydrogens is 546 g/mol. The fourth-order valence-electron chi connectivity index (χ4n) is 8.01. The summed E-state index contributed by atoms with van der Waals surface area (Å²) in [5.74, 6) is 1.78. The van der Waals surface area contributed by atoms with E-state index in [0.29, 0.717) is 63.0 Å². The summed E-state index contributed by atoms with van der Waals surface area (Å²) < 4.78 is 25.1. The number of fused-ring (bicyclic) bond motifs is 1. The van der Waals surface area contributed by atoms with Crippen LogP contribution in [-0.4, -0.2) is 91.1 Å². The molecule has 1 saturated heterocycles. The van der Waals surface area contributed by atoms with Crippen LogP contribution in [-0.2, 0) is 14.9 Å². The average molecular weight is 584 g/mol. The summed E-state index contributed by atoms with van der Waals surface area (Å²) >= 11 is 0. The maximum atomic E-state index is 13.1. The Balaban J connectivity index is 1.01. The summed E-state index contributed by atoms with van der Waals surface area (Å²) in [7, 11) is -3.20. The third-order valence-corrected chi connectivity index (χ3v) is 10.9. The Kier molecular flexibility index (Phi) is 6.51. The third kappa shape index (κ3) is 5.08. The van der Waals surface area contributed by atoms with Gasteiger partial charge < -0.3 is 25.1 Å². The van der Waals surface area contributed by atoms with Crippen LogP contribution in [0, 0.1) is 17.8 Å². The minimum atomic E-state index is -3.20. The standard InChI is InChI=1S/C28H37N7O5S/c1-41(38,39)33-8-6-32(7-9-33)26-29-17-22(18-30-26)34-10-11-35(24-5-3-2-4-23(24)34)40-27(36)31-25-20-12-19-13-21(25)16-28(37,14-19)15-20/h2-5,17-21,25,37H,6-16H2,1H3,(H,31,36)/t19?,20-,21+,25?,28?. The molecule has 2 aliphatic heterocycles. The van der Waals surface area contributed by atoms with Crippen molar-refractivity contribution in [2.75, 3.05) is 60.4 Å². The zero-order valence-corrected chi connectivity index (χ0v) is 24.0. The molecule has 1 aromatic carbocycles. The second-order valence-corrected chi connectivity index (χ2v) is 14.4. The monoisotopic (exact) mass is 583 g/mol. The summed E-state index contributed by atoms with van der Waals surface area (Å²) in [4.78, 5) is 32.2. The zero-order chi connectivity index (χ0) is 28.4. The van der Waals surface area contributed by atoms with Crippen molar-refractivity contribution in [3.05, 3.63) is 36.7 Å². The number of anilines is 4. The number of aliphatic hydroxyl groups is 1. The SMILES string of the molecule is CS(=O)(=O)N1CCN(c2ncc(N3CCN(OC(=O)NC4[C@@H]5CC6C[C@H]4CC(O)(C6)C5)c4ccccc43)cn2)CC1. The first-order valence-electron chi connectivity index (χ1n) is 14.5. The second kappa shape index (κ2) is 9.99. The van der Waals surface area contributed by atoms with Gasteiger partial charge in [-0.2, -0.15) is 4.31 Å². The van der Waals surface area contributed by atoms with E-state index in [9.17, 15) is 18.3 Å². The molecular formula is C28H37N7O5S. The molecule has 2 aromatic rings. The Bertz CT molecular complexity index is 1400. The number of amides is 1. The fourth-order valence-corrected chi connectivity index (χ4v) is 8.84. The van der Waals surface area contributed by atoms with Gasteiger partial charge in [0, 0.05) is 38.8 Å². The van der Waals surface area contributed by atoms with Crippen LogP contribution in [0.2, 0.25) is 0 Å². The molecule has 6 aliphatic rings. The van der Waals surface area contributed by atoms with E-state index in [0.717, 1.165) is 49.2 Å². The number of carbonyl (C=O) groups is 1. The fraction of sp³-hybridized carbons (Fsp3) is 0.607. The van der Waals surface area contributed by atoms with Crippen molar-refractivity contribution in [3.63, 3.8) is 0 Å². The summed E-state index contributed by atoms with van der Waals surface area (Å²) in [6.07, 6.45) is 8.95. The molecule has 1 amide bonds. The second-order valence-electron chi connectivity index (χ2n) is 12.4. The average Bonchev–Trinajstić information content (AvgIpc) is 2.94. The van der Waals surface area contributed by atoms with Gasteiger partial charge in [-0.15, -0.1) is 0 Å². The maximum Gasteiger partial charge on any atom is 0.431 e. The number of benzene rings is 1. The molecule has 8 rings (SSSR count). The van der Waals surface area contributed by atoms with E-state index in [1.165, 1.54) is 10.6 Å². The van der Waals surface area contributed by atoms with E-state index in [-0.39, 0.29) is 6.04 Å². The molecule has 4 saturated carbocycles. The maximum absolute atomic E-state index is 13.1. The number of para-hydroxylation sites is 2. The van der Waals surface area contributed by atoms with E-state index in [4.69, 9.17) is 4.84 Å². The zero-order valence-electron chi connectivity index (χ0n) is 23.2. The number of hydrogen-bond acceptors (Lipinski definition) is 10. The van der Waals surface area contributed by atoms with Crippen LogP contribution in [0.25, 0.3) is 0 Å². The lowest BCUT2D eigenvalue weighted by Gasteiger charge is -2.57. The molecule has 0 radical (unpaired) electrons. The predicted molar refractivity (Wildman–Crippen MR) is 153 cm³/mol. The van der Waals surface area contributed by atoms with Gasteiger partial charge in [0.05, 0.1) is 47.9 Å². The number of nitrogens with zero attached hydrogens (tertiary/aromatic N) is 6. The van der Waals surface area contributed by atoms with Gasteiger partial charge in [-0.25, -0.2) is 28.2 Å². The molecule has 41 heavy (non-hydrogen) atoms. The van der Waals surface area contributed by atoms with Gasteiger partial charge in [0.15, 0.2) is 0 Å². The van der Waals surface area contributed by atoms with E-state index < -0.39 is 21.7 Å². The molecule has 220 valence electrons. The van der Waals surface area contributed by atoms with Gasteiger partial charge in [-0.1, -0.05) is 12.1 Å². The highest BCUT2D eigenvalue weighted by Gasteiger charge is 2.55. The van der Waals surface area contributed by atoms with Crippen molar-refractivity contribution in [3.8, 4) is 0 Å². The van der Waals surface area contributed by atoms with Crippen molar-refractivity contribution in [2.24, 2.45) is 17.8 Å². The van der Waals surface area contributed by atoms with E-state index >= 15 is 0 Å². The van der Waals surface area contributed by atoms with Crippen molar-refractivity contribution in [1.82, 2.24) is 19.6 Å². The van der Waals surface area contributed by atoms with Gasteiger partial charge in [0.25, 0.3) is 0 Å². The molecule has 3 heterocycles. The Hall–Kier alpha value is -3.16. The number of piperazine rings is 1. The van der Waals surface area contributed by atoms with Crippen molar-refractivity contribution >= 4 is 39.1 Å². The number of carbonyl (C=O) groups excluding carboxylic acids is 1. The minimum Gasteiger partial charge on any atom is -0.390 e. The first-order chi connectivity index (χ1) is 19.6. The summed E-state index contributed by atoms with van der Waals surface area (Å²) in [5.41, 5.74) is 1.96. The van der Waals surface area contributed by atoms with Crippen molar-refractivity contribution in [2.45, 2.75) is 43.7 Å². The van der Waals surface area contributed by atoms with Crippen molar-refractivity contribution in [1.29, 1.82) is 0 Å². The molecule has 1 aromatic heterocycles. The molecule has 5 atom stereocenters. The summed E-state index contributed by atoms with van der Waals surface area (Å²) in [5, 5.41) is 15.7. The summed E-state index contributed by atoms with van der Waals surface area (Å²) in [6.45, 7) is 2.95. The van der Waals surface area contributed by atoms with Gasteiger partial charge in [0.1, 0.15) is 0 Å². The van der Waals surface area contributed by atoms with E-state index in [1.54, 1.807) is 17.5 Å². The molecule has 5 fully saturated rings. The number of aromatic nitrogens is 2. The largest absolute Gasteiger partial charge is 0.431 e. The molecule has 4 aliphatic carbocycles. The lowest BCUT2D eigenvalue weighted by Crippen LogP contribution is -2.62. The van der Waals surface area contributed by atoms with Gasteiger partial charge >= 0.3 is 6.09 Å². The normalized spacial score (nSPS) is 31.2. The Morgan fingerprint density at radius 1 is 0.976 bits per heavy atom. The number of nitrogens with one attached hydrogen (secondary N) is 1. The van der Waals surface area contributed by atoms with Crippen LogP contribution in [0.1, 0.15) is 32.1 Å². The van der Waals surface area contributed by atoms with Crippen molar-refractivity contribution < 1.29 is 23.2 Å². The molecule has 4 bridgehead atoms. The first kappa shape index (κ1) is 26.7. The Morgan fingerprint density at radius 2 is 1.63 bits per heavy atom. The Morgan fingerprint density at radius 3 is 2.27 bits per heavy atom. The molecule has 3 unspecified atom stereocenters. The smallest absolute Gasteiger partial charge is 0.390 e. The number of hydroxylamine groups is 1. The van der Waals surface area contributed by atoms with Crippen LogP contribution in [0.4, 0.5) is 27.8 Å². The number of rotatable bonds is 5. The van der Waals surface area contributed by atoms with Crippen LogP contribution in [0.15, 0.2) is 36.7 Å². The quantitative estimate of drug-likeness (QED) is 0.540. The highest BCUT2D eigenvalue weighted by Crippen LogP contribution is 2.55. The molecule has 13 heteroatoms. The van der Waals surface area contributed by atoms with E-state index in [1.807, 2.05) is 29.2 Å². The highest BCUT2D eigenvalue weighted by molar-refractivity contribution is 7.88. The molecule has 2 N–H and O–H groups in total. The molecule has 12 nitrogen and oxygen atoms in total. The van der Waals surface area contributed by atoms with Crippen LogP contribution < -0.4 is 20.2 Å². The van der Waals surface area contributed by atoms with Gasteiger partial charge in [-0.3, -0.25) is 0 Å². The number of hydrogen-bond donors (Lipinski definition) is 2. The van der Waals surface area contributed by atoms with Gasteiger partial charge in [0.2, 0.25) is 16.0 Å². The lowest BCUT2D eigenvalue weighted by atomic mass is 9.52. The first-order valence-corrected chi connectivity index (χ1v) is 16.4. The van der Waals surface area contributed by atoms with Crippen LogP contribution in [0.5, 0.6) is 0 Å². The minimum absolute atomic E-state index is 0.0564. The van der Waals surface area contributed by atoms with E-state index in [2.05, 4.69) is 20.2 Å². The topological polar surface area (TPSA) is 131 Å².